The summed E-state index contributed by atoms with van der Waals surface area (Å²) in [5, 5.41) is 3.31. The first-order valence-electron chi connectivity index (χ1n) is 5.22. The van der Waals surface area contributed by atoms with E-state index in [2.05, 4.69) is 56.8 Å². The highest BCUT2D eigenvalue weighted by molar-refractivity contribution is 9.10. The Hall–Kier alpha value is -1.00. The van der Waals surface area contributed by atoms with Gasteiger partial charge in [0.2, 0.25) is 0 Å². The second-order valence-electron chi connectivity index (χ2n) is 3.67. The first-order valence-corrected chi connectivity index (χ1v) is 7.24. The highest BCUT2D eigenvalue weighted by atomic mass is 79.9. The first-order chi connectivity index (χ1) is 8.19. The van der Waals surface area contributed by atoms with Gasteiger partial charge in [0.15, 0.2) is 0 Å². The Labute approximate surface area is 114 Å². The smallest absolute Gasteiger partial charge is 0.133 e. The standard InChI is InChI=1S/C13H13BrN2S/c1-9-7-10(14)8-15-13(9)16-11-3-5-12(17-2)6-4-11/h3-8H,1-2H3,(H,15,16). The van der Waals surface area contributed by atoms with E-state index in [0.717, 1.165) is 21.5 Å². The Kier molecular flexibility index (Phi) is 4.07. The molecular formula is C13H13BrN2S. The van der Waals surface area contributed by atoms with E-state index >= 15 is 0 Å². The van der Waals surface area contributed by atoms with E-state index in [1.54, 1.807) is 18.0 Å². The van der Waals surface area contributed by atoms with E-state index in [9.17, 15) is 0 Å². The maximum Gasteiger partial charge on any atom is 0.133 e. The number of rotatable bonds is 3. The monoisotopic (exact) mass is 308 g/mol. The Bertz CT molecular complexity index is 511. The third kappa shape index (κ3) is 3.23. The van der Waals surface area contributed by atoms with Crippen molar-refractivity contribution >= 4 is 39.2 Å². The number of benzene rings is 1. The third-order valence-electron chi connectivity index (χ3n) is 2.40. The van der Waals surface area contributed by atoms with Crippen molar-refractivity contribution in [2.75, 3.05) is 11.6 Å². The summed E-state index contributed by atoms with van der Waals surface area (Å²) in [6.07, 6.45) is 3.87. The van der Waals surface area contributed by atoms with Crippen LogP contribution in [0.2, 0.25) is 0 Å². The van der Waals surface area contributed by atoms with Crippen molar-refractivity contribution in [3.63, 3.8) is 0 Å². The second kappa shape index (κ2) is 5.56. The van der Waals surface area contributed by atoms with E-state index in [-0.39, 0.29) is 0 Å². The van der Waals surface area contributed by atoms with Crippen LogP contribution in [0.4, 0.5) is 11.5 Å². The lowest BCUT2D eigenvalue weighted by Gasteiger charge is -2.09. The van der Waals surface area contributed by atoms with Crippen LogP contribution >= 0.6 is 27.7 Å². The number of aryl methyl sites for hydroxylation is 1. The minimum absolute atomic E-state index is 0.894. The number of aromatic nitrogens is 1. The van der Waals surface area contributed by atoms with Crippen LogP contribution < -0.4 is 5.32 Å². The number of hydrogen-bond acceptors (Lipinski definition) is 3. The van der Waals surface area contributed by atoms with Crippen LogP contribution in [0.1, 0.15) is 5.56 Å². The summed E-state index contributed by atoms with van der Waals surface area (Å²) < 4.78 is 0.998. The molecule has 0 saturated heterocycles. The molecule has 0 spiro atoms. The number of pyridine rings is 1. The Morgan fingerprint density at radius 1 is 1.24 bits per heavy atom. The lowest BCUT2D eigenvalue weighted by atomic mass is 10.2. The van der Waals surface area contributed by atoms with Gasteiger partial charge in [-0.25, -0.2) is 4.98 Å². The molecule has 1 N–H and O–H groups in total. The summed E-state index contributed by atoms with van der Waals surface area (Å²) in [5.74, 6) is 0.894. The van der Waals surface area contributed by atoms with Gasteiger partial charge < -0.3 is 5.32 Å². The Balaban J connectivity index is 2.19. The molecule has 0 amide bonds. The van der Waals surface area contributed by atoms with Crippen molar-refractivity contribution in [3.8, 4) is 0 Å². The van der Waals surface area contributed by atoms with Gasteiger partial charge in [-0.15, -0.1) is 11.8 Å². The average Bonchev–Trinajstić information content (AvgIpc) is 2.34. The van der Waals surface area contributed by atoms with Crippen molar-refractivity contribution in [3.05, 3.63) is 46.6 Å². The van der Waals surface area contributed by atoms with Crippen molar-refractivity contribution in [1.29, 1.82) is 0 Å². The quantitative estimate of drug-likeness (QED) is 0.838. The van der Waals surface area contributed by atoms with Crippen molar-refractivity contribution in [2.24, 2.45) is 0 Å². The van der Waals surface area contributed by atoms with Gasteiger partial charge in [-0.05, 0) is 65.0 Å². The molecule has 88 valence electrons. The molecule has 0 unspecified atom stereocenters. The van der Waals surface area contributed by atoms with E-state index < -0.39 is 0 Å². The molecule has 4 heteroatoms. The minimum atomic E-state index is 0.894. The Morgan fingerprint density at radius 3 is 2.53 bits per heavy atom. The van der Waals surface area contributed by atoms with Crippen LogP contribution in [0.15, 0.2) is 45.9 Å². The van der Waals surface area contributed by atoms with Crippen molar-refractivity contribution < 1.29 is 0 Å². The van der Waals surface area contributed by atoms with Crippen molar-refractivity contribution in [2.45, 2.75) is 11.8 Å². The molecule has 0 fully saturated rings. The van der Waals surface area contributed by atoms with Gasteiger partial charge in [0, 0.05) is 21.3 Å². The predicted octanol–water partition coefficient (Wildman–Crippen LogP) is 4.62. The van der Waals surface area contributed by atoms with Crippen LogP contribution in [0, 0.1) is 6.92 Å². The highest BCUT2D eigenvalue weighted by Crippen LogP contribution is 2.23. The van der Waals surface area contributed by atoms with E-state index in [1.807, 2.05) is 13.0 Å². The number of halogens is 1. The summed E-state index contributed by atoms with van der Waals surface area (Å²) in [4.78, 5) is 5.61. The van der Waals surface area contributed by atoms with Crippen LogP contribution in [-0.4, -0.2) is 11.2 Å². The SMILES string of the molecule is CSc1ccc(Nc2ncc(Br)cc2C)cc1. The maximum atomic E-state index is 4.35. The maximum absolute atomic E-state index is 4.35. The molecule has 1 aromatic carbocycles. The molecule has 0 aliphatic heterocycles. The first kappa shape index (κ1) is 12.5. The number of nitrogens with one attached hydrogen (secondary N) is 1. The summed E-state index contributed by atoms with van der Waals surface area (Å²) >= 11 is 5.15. The predicted molar refractivity (Wildman–Crippen MR) is 78.2 cm³/mol. The fraction of sp³-hybridized carbons (Fsp3) is 0.154. The number of thioether (sulfide) groups is 1. The number of hydrogen-bond donors (Lipinski definition) is 1. The largest absolute Gasteiger partial charge is 0.340 e. The second-order valence-corrected chi connectivity index (χ2v) is 5.47. The molecular weight excluding hydrogens is 296 g/mol. The zero-order valence-corrected chi connectivity index (χ0v) is 12.1. The van der Waals surface area contributed by atoms with E-state index in [0.29, 0.717) is 0 Å². The van der Waals surface area contributed by atoms with Gasteiger partial charge in [0.1, 0.15) is 5.82 Å². The lowest BCUT2D eigenvalue weighted by Crippen LogP contribution is -1.95. The van der Waals surface area contributed by atoms with E-state index in [1.165, 1.54) is 4.90 Å². The minimum Gasteiger partial charge on any atom is -0.340 e. The zero-order chi connectivity index (χ0) is 12.3. The fourth-order valence-corrected chi connectivity index (χ4v) is 2.34. The molecule has 17 heavy (non-hydrogen) atoms. The molecule has 0 atom stereocenters. The molecule has 1 heterocycles. The third-order valence-corrected chi connectivity index (χ3v) is 3.57. The van der Waals surface area contributed by atoms with Gasteiger partial charge in [-0.1, -0.05) is 0 Å². The molecule has 0 bridgehead atoms. The van der Waals surface area contributed by atoms with Gasteiger partial charge in [-0.2, -0.15) is 0 Å². The molecule has 0 aliphatic carbocycles. The topological polar surface area (TPSA) is 24.9 Å². The molecule has 1 aromatic heterocycles. The van der Waals surface area contributed by atoms with Gasteiger partial charge in [-0.3, -0.25) is 0 Å². The normalized spacial score (nSPS) is 10.3. The molecule has 0 aliphatic rings. The molecule has 0 saturated carbocycles. The van der Waals surface area contributed by atoms with Gasteiger partial charge in [0.05, 0.1) is 0 Å². The summed E-state index contributed by atoms with van der Waals surface area (Å²) in [6, 6.07) is 10.4. The Morgan fingerprint density at radius 2 is 1.94 bits per heavy atom. The average molecular weight is 309 g/mol. The van der Waals surface area contributed by atoms with Crippen LogP contribution in [0.3, 0.4) is 0 Å². The van der Waals surface area contributed by atoms with Gasteiger partial charge >= 0.3 is 0 Å². The van der Waals surface area contributed by atoms with Crippen LogP contribution in [-0.2, 0) is 0 Å². The summed E-state index contributed by atoms with van der Waals surface area (Å²) in [6.45, 7) is 2.04. The molecule has 2 nitrogen and oxygen atoms in total. The lowest BCUT2D eigenvalue weighted by molar-refractivity contribution is 1.24. The zero-order valence-electron chi connectivity index (χ0n) is 9.70. The van der Waals surface area contributed by atoms with E-state index in [4.69, 9.17) is 0 Å². The highest BCUT2D eigenvalue weighted by Gasteiger charge is 2.01. The molecule has 2 rings (SSSR count). The van der Waals surface area contributed by atoms with Gasteiger partial charge in [0.25, 0.3) is 0 Å². The number of nitrogens with zero attached hydrogens (tertiary/aromatic N) is 1. The van der Waals surface area contributed by atoms with Crippen molar-refractivity contribution in [1.82, 2.24) is 4.98 Å². The molecule has 2 aromatic rings. The van der Waals surface area contributed by atoms with Crippen LogP contribution in [0.5, 0.6) is 0 Å². The molecule has 0 radical (unpaired) electrons. The fourth-order valence-electron chi connectivity index (χ4n) is 1.48. The van der Waals surface area contributed by atoms with Crippen LogP contribution in [0.25, 0.3) is 0 Å². The number of anilines is 2. The summed E-state index contributed by atoms with van der Waals surface area (Å²) in [7, 11) is 0. The summed E-state index contributed by atoms with van der Waals surface area (Å²) in [5.41, 5.74) is 2.18.